The predicted molar refractivity (Wildman–Crippen MR) is 230 cm³/mol. The van der Waals surface area contributed by atoms with Crippen LogP contribution >= 0.6 is 0 Å². The second kappa shape index (κ2) is 14.0. The molecule has 0 saturated carbocycles. The molecule has 6 nitrogen and oxygen atoms in total. The van der Waals surface area contributed by atoms with Gasteiger partial charge in [0, 0.05) is 18.0 Å². The summed E-state index contributed by atoms with van der Waals surface area (Å²) in [6.07, 6.45) is 3.75. The SMILES string of the molecule is Cc1cc(-n2c3ccccc3c3ccc(Oc4cccc(-n5[c](=[Pt])n(-c6c(C(C)(C)C)cccc6C(C)(C)C)c6ccccc65)c4)cc32)ncc1-c1ccccn1. The minimum Gasteiger partial charge on any atom is -0.256 e. The molecule has 9 rings (SSSR count). The second-order valence-corrected chi connectivity index (χ2v) is 17.8. The van der Waals surface area contributed by atoms with Crippen molar-refractivity contribution in [2.45, 2.75) is 59.3 Å². The van der Waals surface area contributed by atoms with Crippen molar-refractivity contribution in [2.24, 2.45) is 0 Å². The van der Waals surface area contributed by atoms with Gasteiger partial charge in [0.1, 0.15) is 0 Å². The fourth-order valence-corrected chi connectivity index (χ4v) is 9.20. The topological polar surface area (TPSA) is 49.8 Å². The Kier molecular flexibility index (Phi) is 9.01. The molecule has 7 heteroatoms. The van der Waals surface area contributed by atoms with E-state index in [1.807, 2.05) is 36.7 Å². The van der Waals surface area contributed by atoms with Gasteiger partial charge in [-0.05, 0) is 24.6 Å². The van der Waals surface area contributed by atoms with Gasteiger partial charge in [-0.1, -0.05) is 18.2 Å². The molecule has 0 radical (unpaired) electrons. The molecule has 0 amide bonds. The first-order valence-electron chi connectivity index (χ1n) is 19.4. The van der Waals surface area contributed by atoms with Crippen LogP contribution in [0.15, 0.2) is 146 Å². The number of pyridine rings is 2. The molecule has 0 spiro atoms. The van der Waals surface area contributed by atoms with Crippen molar-refractivity contribution < 1.29 is 24.1 Å². The number of imidazole rings is 1. The fraction of sp³-hybridized carbons (Fsp3) is 0.180. The Bertz CT molecular complexity index is 3020. The molecule has 4 heterocycles. The summed E-state index contributed by atoms with van der Waals surface area (Å²) in [7, 11) is 0. The van der Waals surface area contributed by atoms with Crippen LogP contribution in [0.25, 0.3) is 61.3 Å². The number of hydrogen-bond donors (Lipinski definition) is 0. The van der Waals surface area contributed by atoms with Crippen LogP contribution < -0.4 is 4.74 Å². The van der Waals surface area contributed by atoms with Gasteiger partial charge < -0.3 is 0 Å². The summed E-state index contributed by atoms with van der Waals surface area (Å²) in [5, 5.41) is 2.31. The molecular formula is C50H45N5OPt. The fourth-order valence-electron chi connectivity index (χ4n) is 8.10. The summed E-state index contributed by atoms with van der Waals surface area (Å²) in [5.41, 5.74) is 12.3. The van der Waals surface area contributed by atoms with Gasteiger partial charge in [-0.15, -0.1) is 0 Å². The van der Waals surface area contributed by atoms with Crippen LogP contribution in [0.4, 0.5) is 0 Å². The summed E-state index contributed by atoms with van der Waals surface area (Å²) in [6, 6.07) is 46.9. The zero-order valence-electron chi connectivity index (χ0n) is 33.3. The second-order valence-electron chi connectivity index (χ2n) is 16.8. The van der Waals surface area contributed by atoms with Crippen molar-refractivity contribution in [3.8, 4) is 39.9 Å². The van der Waals surface area contributed by atoms with Gasteiger partial charge in [-0.25, -0.2) is 0 Å². The van der Waals surface area contributed by atoms with Crippen molar-refractivity contribution in [1.29, 1.82) is 0 Å². The Hall–Kier alpha value is -5.84. The predicted octanol–water partition coefficient (Wildman–Crippen LogP) is 12.7. The van der Waals surface area contributed by atoms with Crippen molar-refractivity contribution in [1.82, 2.24) is 23.7 Å². The Labute approximate surface area is 344 Å². The van der Waals surface area contributed by atoms with Crippen LogP contribution in [0.2, 0.25) is 0 Å². The van der Waals surface area contributed by atoms with Crippen molar-refractivity contribution in [3.63, 3.8) is 0 Å². The van der Waals surface area contributed by atoms with Gasteiger partial charge in [0.2, 0.25) is 0 Å². The summed E-state index contributed by atoms with van der Waals surface area (Å²) in [6.45, 7) is 16.0. The third-order valence-corrected chi connectivity index (χ3v) is 11.8. The normalized spacial score (nSPS) is 12.2. The van der Waals surface area contributed by atoms with E-state index in [4.69, 9.17) is 9.72 Å². The Morgan fingerprint density at radius 3 is 1.86 bits per heavy atom. The molecule has 4 aromatic heterocycles. The molecule has 0 aliphatic heterocycles. The third-order valence-electron chi connectivity index (χ3n) is 10.8. The molecule has 9 aromatic rings. The number of para-hydroxylation sites is 4. The summed E-state index contributed by atoms with van der Waals surface area (Å²) in [4.78, 5) is 9.56. The van der Waals surface area contributed by atoms with Crippen LogP contribution in [0.5, 0.6) is 11.5 Å². The van der Waals surface area contributed by atoms with Crippen molar-refractivity contribution >= 4 is 32.8 Å². The summed E-state index contributed by atoms with van der Waals surface area (Å²) < 4.78 is 14.9. The summed E-state index contributed by atoms with van der Waals surface area (Å²) >= 11 is 2.51. The Morgan fingerprint density at radius 2 is 1.18 bits per heavy atom. The minimum atomic E-state index is -0.0608. The first-order chi connectivity index (χ1) is 27.4. The molecule has 0 atom stereocenters. The van der Waals surface area contributed by atoms with Crippen LogP contribution in [0.1, 0.15) is 58.2 Å². The molecule has 286 valence electrons. The Balaban J connectivity index is 1.15. The van der Waals surface area contributed by atoms with Gasteiger partial charge in [0.15, 0.2) is 0 Å². The molecule has 57 heavy (non-hydrogen) atoms. The monoisotopic (exact) mass is 926 g/mol. The first-order valence-corrected chi connectivity index (χ1v) is 20.5. The number of aryl methyl sites for hydroxylation is 1. The van der Waals surface area contributed by atoms with Gasteiger partial charge in [-0.3, -0.25) is 4.98 Å². The van der Waals surface area contributed by atoms with Gasteiger partial charge in [-0.2, -0.15) is 0 Å². The van der Waals surface area contributed by atoms with E-state index in [1.165, 1.54) is 22.2 Å². The zero-order valence-corrected chi connectivity index (χ0v) is 35.6. The van der Waals surface area contributed by atoms with Gasteiger partial charge in [0.05, 0.1) is 5.69 Å². The van der Waals surface area contributed by atoms with Crippen molar-refractivity contribution in [3.05, 3.63) is 166 Å². The molecule has 0 aliphatic carbocycles. The average molecular weight is 927 g/mol. The number of aromatic nitrogens is 5. The van der Waals surface area contributed by atoms with E-state index in [0.29, 0.717) is 0 Å². The molecule has 0 fully saturated rings. The number of ether oxygens (including phenoxy) is 1. The smallest absolute Gasteiger partial charge is 0.256 e. The molecular weight excluding hydrogens is 882 g/mol. The number of hydrogen-bond acceptors (Lipinski definition) is 3. The van der Waals surface area contributed by atoms with Crippen LogP contribution in [0, 0.1) is 10.7 Å². The molecule has 0 aliphatic rings. The van der Waals surface area contributed by atoms with E-state index in [0.717, 1.165) is 71.1 Å². The van der Waals surface area contributed by atoms with E-state index in [1.54, 1.807) is 0 Å². The van der Waals surface area contributed by atoms with E-state index in [-0.39, 0.29) is 10.8 Å². The van der Waals surface area contributed by atoms with Gasteiger partial charge in [0.25, 0.3) is 0 Å². The van der Waals surface area contributed by atoms with E-state index in [9.17, 15) is 0 Å². The zero-order chi connectivity index (χ0) is 39.6. The Morgan fingerprint density at radius 1 is 0.544 bits per heavy atom. The number of fused-ring (bicyclic) bond motifs is 4. The average Bonchev–Trinajstić information content (AvgIpc) is 3.68. The minimum absolute atomic E-state index is 0.0608. The maximum atomic E-state index is 6.74. The molecule has 0 bridgehead atoms. The third kappa shape index (κ3) is 6.46. The molecule has 0 saturated heterocycles. The number of nitrogens with zero attached hydrogens (tertiary/aromatic N) is 5. The van der Waals surface area contributed by atoms with Crippen LogP contribution in [-0.4, -0.2) is 23.7 Å². The first kappa shape index (κ1) is 36.8. The molecule has 0 unspecified atom stereocenters. The standard InChI is InChI=1S/C50H45N5O.Pt/c1-33-28-47(52-31-39(33)42-21-12-13-27-51-42)55-43-22-9-8-18-37(43)38-26-25-36(30-46(38)55)56-35-17-14-16-34(29-35)53-32-54(45-24-11-10-23-44(45)53)48-40(49(2,3)4)19-15-20-41(48)50(5,6)7;/h8-31H,1-7H3;. The quantitative estimate of drug-likeness (QED) is 0.167. The number of benzene rings is 5. The van der Waals surface area contributed by atoms with Crippen molar-refractivity contribution in [2.75, 3.05) is 0 Å². The van der Waals surface area contributed by atoms with E-state index in [2.05, 4.69) is 196 Å². The molecule has 5 aromatic carbocycles. The van der Waals surface area contributed by atoms with E-state index < -0.39 is 0 Å². The van der Waals surface area contributed by atoms with Gasteiger partial charge >= 0.3 is 275 Å². The number of rotatable bonds is 6. The maximum absolute atomic E-state index is 6.74. The van der Waals surface area contributed by atoms with E-state index >= 15 is 0 Å². The van der Waals surface area contributed by atoms with Crippen LogP contribution in [-0.2, 0) is 30.2 Å². The summed E-state index contributed by atoms with van der Waals surface area (Å²) in [5.74, 6) is 2.36. The molecule has 0 N–H and O–H groups in total. The van der Waals surface area contributed by atoms with Crippen LogP contribution in [0.3, 0.4) is 0 Å².